The summed E-state index contributed by atoms with van der Waals surface area (Å²) in [6, 6.07) is 18.5. The number of hydrogen-bond acceptors (Lipinski definition) is 4. The minimum absolute atomic E-state index is 0.141. The molecule has 0 aliphatic carbocycles. The second-order valence-electron chi connectivity index (χ2n) is 6.19. The van der Waals surface area contributed by atoms with Crippen LogP contribution in [0.5, 0.6) is 0 Å². The van der Waals surface area contributed by atoms with E-state index in [1.807, 2.05) is 6.07 Å². The van der Waals surface area contributed by atoms with E-state index in [0.29, 0.717) is 31.0 Å². The van der Waals surface area contributed by atoms with Gasteiger partial charge in [0.05, 0.1) is 5.69 Å². The van der Waals surface area contributed by atoms with Gasteiger partial charge in [0.15, 0.2) is 0 Å². The predicted molar refractivity (Wildman–Crippen MR) is 109 cm³/mol. The van der Waals surface area contributed by atoms with Crippen LogP contribution in [0.25, 0.3) is 0 Å². The number of anilines is 2. The monoisotopic (exact) mass is 399 g/mol. The Morgan fingerprint density at radius 1 is 1.00 bits per heavy atom. The summed E-state index contributed by atoms with van der Waals surface area (Å²) in [6.07, 6.45) is 2.07. The highest BCUT2D eigenvalue weighted by Gasteiger charge is 2.23. The van der Waals surface area contributed by atoms with Crippen molar-refractivity contribution in [2.45, 2.75) is 18.2 Å². The zero-order chi connectivity index (χ0) is 20.0. The molecule has 1 heterocycles. The fourth-order valence-electron chi connectivity index (χ4n) is 2.84. The Kier molecular flexibility index (Phi) is 6.26. The Balaban J connectivity index is 1.66. The van der Waals surface area contributed by atoms with Crippen LogP contribution in [0.4, 0.5) is 15.9 Å². The minimum atomic E-state index is -3.68. The molecule has 2 aromatic carbocycles. The second kappa shape index (κ2) is 8.84. The number of hydrogen-bond donors (Lipinski definition) is 1. The van der Waals surface area contributed by atoms with Crippen LogP contribution >= 0.6 is 0 Å². The standard InChI is InChI=1S/C21H22FN3O2S/c1-2-25(19-6-4-3-5-7-19)28(26,27)20-12-13-21(24-16-20)23-15-14-17-8-10-18(22)11-9-17/h3-13,16H,2,14-15H2,1H3,(H,23,24). The van der Waals surface area contributed by atoms with Gasteiger partial charge in [0.25, 0.3) is 10.0 Å². The average Bonchev–Trinajstić information content (AvgIpc) is 2.71. The molecule has 0 aliphatic heterocycles. The number of benzene rings is 2. The molecular formula is C21H22FN3O2S. The number of para-hydroxylation sites is 1. The number of halogens is 1. The van der Waals surface area contributed by atoms with E-state index >= 15 is 0 Å². The summed E-state index contributed by atoms with van der Waals surface area (Å²) in [5.74, 6) is 0.329. The summed E-state index contributed by atoms with van der Waals surface area (Å²) < 4.78 is 40.1. The summed E-state index contributed by atoms with van der Waals surface area (Å²) in [4.78, 5) is 4.36. The molecule has 0 bridgehead atoms. The van der Waals surface area contributed by atoms with Crippen molar-refractivity contribution in [1.29, 1.82) is 0 Å². The predicted octanol–water partition coefficient (Wildman–Crippen LogP) is 4.09. The molecular weight excluding hydrogens is 377 g/mol. The van der Waals surface area contributed by atoms with Gasteiger partial charge in [-0.15, -0.1) is 0 Å². The topological polar surface area (TPSA) is 62.3 Å². The molecule has 0 spiro atoms. The van der Waals surface area contributed by atoms with Crippen molar-refractivity contribution in [3.63, 3.8) is 0 Å². The summed E-state index contributed by atoms with van der Waals surface area (Å²) >= 11 is 0. The SMILES string of the molecule is CCN(c1ccccc1)S(=O)(=O)c1ccc(NCCc2ccc(F)cc2)nc1. The van der Waals surface area contributed by atoms with Crippen LogP contribution in [0.1, 0.15) is 12.5 Å². The molecule has 5 nitrogen and oxygen atoms in total. The van der Waals surface area contributed by atoms with E-state index in [-0.39, 0.29) is 10.7 Å². The van der Waals surface area contributed by atoms with Gasteiger partial charge in [0, 0.05) is 19.3 Å². The quantitative estimate of drug-likeness (QED) is 0.620. The smallest absolute Gasteiger partial charge is 0.265 e. The number of rotatable bonds is 8. The van der Waals surface area contributed by atoms with Crippen molar-refractivity contribution in [3.8, 4) is 0 Å². The van der Waals surface area contributed by atoms with Gasteiger partial charge in [-0.1, -0.05) is 30.3 Å². The molecule has 0 amide bonds. The largest absolute Gasteiger partial charge is 0.370 e. The van der Waals surface area contributed by atoms with Crippen LogP contribution in [0, 0.1) is 5.82 Å². The van der Waals surface area contributed by atoms with Gasteiger partial charge in [-0.3, -0.25) is 4.31 Å². The third-order valence-corrected chi connectivity index (χ3v) is 6.18. The van der Waals surface area contributed by atoms with Crippen molar-refractivity contribution in [2.24, 2.45) is 0 Å². The van der Waals surface area contributed by atoms with Gasteiger partial charge in [0.2, 0.25) is 0 Å². The normalized spacial score (nSPS) is 11.2. The lowest BCUT2D eigenvalue weighted by molar-refractivity contribution is 0.591. The van der Waals surface area contributed by atoms with Gasteiger partial charge in [-0.2, -0.15) is 0 Å². The van der Waals surface area contributed by atoms with Crippen LogP contribution < -0.4 is 9.62 Å². The van der Waals surface area contributed by atoms with E-state index in [9.17, 15) is 12.8 Å². The Hall–Kier alpha value is -2.93. The lowest BCUT2D eigenvalue weighted by atomic mass is 10.1. The van der Waals surface area contributed by atoms with Crippen molar-refractivity contribution < 1.29 is 12.8 Å². The fourth-order valence-corrected chi connectivity index (χ4v) is 4.26. The minimum Gasteiger partial charge on any atom is -0.370 e. The first-order valence-electron chi connectivity index (χ1n) is 9.03. The first kappa shape index (κ1) is 19.8. The van der Waals surface area contributed by atoms with Crippen molar-refractivity contribution >= 4 is 21.5 Å². The first-order chi connectivity index (χ1) is 13.5. The molecule has 1 aromatic heterocycles. The maximum Gasteiger partial charge on any atom is 0.265 e. The van der Waals surface area contributed by atoms with E-state index < -0.39 is 10.0 Å². The van der Waals surface area contributed by atoms with Crippen molar-refractivity contribution in [1.82, 2.24) is 4.98 Å². The number of nitrogens with zero attached hydrogens (tertiary/aromatic N) is 2. The summed E-state index contributed by atoms with van der Waals surface area (Å²) in [6.45, 7) is 2.73. The van der Waals surface area contributed by atoms with E-state index in [1.165, 1.54) is 22.6 Å². The highest BCUT2D eigenvalue weighted by molar-refractivity contribution is 7.92. The van der Waals surface area contributed by atoms with Crippen LogP contribution in [0.2, 0.25) is 0 Å². The molecule has 7 heteroatoms. The molecule has 0 fully saturated rings. The van der Waals surface area contributed by atoms with Gasteiger partial charge in [0.1, 0.15) is 16.5 Å². The summed E-state index contributed by atoms with van der Waals surface area (Å²) in [7, 11) is -3.68. The molecule has 0 unspecified atom stereocenters. The van der Waals surface area contributed by atoms with E-state index in [0.717, 1.165) is 5.56 Å². The molecule has 3 aromatic rings. The van der Waals surface area contributed by atoms with Crippen LogP contribution in [0.15, 0.2) is 77.8 Å². The third kappa shape index (κ3) is 4.67. The van der Waals surface area contributed by atoms with Crippen LogP contribution in [-0.2, 0) is 16.4 Å². The molecule has 146 valence electrons. The van der Waals surface area contributed by atoms with E-state index in [4.69, 9.17) is 0 Å². The van der Waals surface area contributed by atoms with Crippen LogP contribution in [0.3, 0.4) is 0 Å². The average molecular weight is 399 g/mol. The maximum atomic E-state index is 12.9. The fraction of sp³-hybridized carbons (Fsp3) is 0.190. The molecule has 28 heavy (non-hydrogen) atoms. The number of pyridine rings is 1. The van der Waals surface area contributed by atoms with Crippen LogP contribution in [-0.4, -0.2) is 26.5 Å². The molecule has 0 aliphatic rings. The lowest BCUT2D eigenvalue weighted by Crippen LogP contribution is -2.30. The summed E-state index contributed by atoms with van der Waals surface area (Å²) in [5.41, 5.74) is 1.63. The highest BCUT2D eigenvalue weighted by Crippen LogP contribution is 2.23. The second-order valence-corrected chi connectivity index (χ2v) is 8.05. The van der Waals surface area contributed by atoms with Gasteiger partial charge in [-0.05, 0) is 55.3 Å². The Morgan fingerprint density at radius 3 is 2.32 bits per heavy atom. The third-order valence-electron chi connectivity index (χ3n) is 4.29. The molecule has 0 atom stereocenters. The molecule has 3 rings (SSSR count). The number of nitrogens with one attached hydrogen (secondary N) is 1. The summed E-state index contributed by atoms with van der Waals surface area (Å²) in [5, 5.41) is 3.15. The van der Waals surface area contributed by atoms with E-state index in [2.05, 4.69) is 10.3 Å². The molecule has 1 N–H and O–H groups in total. The van der Waals surface area contributed by atoms with Gasteiger partial charge >= 0.3 is 0 Å². The Bertz CT molecular complexity index is 992. The first-order valence-corrected chi connectivity index (χ1v) is 10.5. The molecule has 0 radical (unpaired) electrons. The van der Waals surface area contributed by atoms with Gasteiger partial charge in [-0.25, -0.2) is 17.8 Å². The molecule has 0 saturated heterocycles. The lowest BCUT2D eigenvalue weighted by Gasteiger charge is -2.22. The Morgan fingerprint density at radius 2 is 1.71 bits per heavy atom. The number of sulfonamides is 1. The van der Waals surface area contributed by atoms with Crippen molar-refractivity contribution in [3.05, 3.63) is 84.3 Å². The highest BCUT2D eigenvalue weighted by atomic mass is 32.2. The zero-order valence-corrected chi connectivity index (χ0v) is 16.4. The number of aromatic nitrogens is 1. The van der Waals surface area contributed by atoms with Crippen molar-refractivity contribution in [2.75, 3.05) is 22.7 Å². The Labute approximate surface area is 164 Å². The zero-order valence-electron chi connectivity index (χ0n) is 15.5. The van der Waals surface area contributed by atoms with Gasteiger partial charge < -0.3 is 5.32 Å². The maximum absolute atomic E-state index is 12.9. The van der Waals surface area contributed by atoms with E-state index in [1.54, 1.807) is 55.5 Å². The molecule has 0 saturated carbocycles.